The summed E-state index contributed by atoms with van der Waals surface area (Å²) in [4.78, 5) is 22.0. The Hall–Kier alpha value is -2.62. The van der Waals surface area contributed by atoms with Crippen molar-refractivity contribution in [2.24, 2.45) is 0 Å². The highest BCUT2D eigenvalue weighted by molar-refractivity contribution is 7.13. The van der Waals surface area contributed by atoms with Crippen LogP contribution >= 0.6 is 11.3 Å². The first-order valence-corrected chi connectivity index (χ1v) is 10.8. The summed E-state index contributed by atoms with van der Waals surface area (Å²) < 4.78 is 18.9. The molecule has 7 nitrogen and oxygen atoms in total. The number of benzene rings is 1. The lowest BCUT2D eigenvalue weighted by atomic mass is 10.1. The molecule has 30 heavy (non-hydrogen) atoms. The Kier molecular flexibility index (Phi) is 6.51. The number of thiophene rings is 1. The molecule has 1 aliphatic rings. The molecular weight excluding hydrogens is 405 g/mol. The lowest BCUT2D eigenvalue weighted by Gasteiger charge is -2.33. The molecular formula is C21H24FN5O2S. The van der Waals surface area contributed by atoms with E-state index in [0.717, 1.165) is 36.6 Å². The van der Waals surface area contributed by atoms with E-state index in [4.69, 9.17) is 4.52 Å². The van der Waals surface area contributed by atoms with Crippen LogP contribution in [-0.4, -0.2) is 58.6 Å². The number of carbonyl (C=O) groups is 1. The molecule has 0 radical (unpaired) electrons. The van der Waals surface area contributed by atoms with Gasteiger partial charge < -0.3 is 9.84 Å². The maximum absolute atomic E-state index is 13.6. The Morgan fingerprint density at radius 3 is 2.77 bits per heavy atom. The van der Waals surface area contributed by atoms with Crippen LogP contribution in [0, 0.1) is 12.7 Å². The van der Waals surface area contributed by atoms with Crippen LogP contribution in [0.2, 0.25) is 0 Å². The normalized spacial score (nSPS) is 15.4. The van der Waals surface area contributed by atoms with E-state index in [0.29, 0.717) is 36.9 Å². The third kappa shape index (κ3) is 5.29. The van der Waals surface area contributed by atoms with Crippen LogP contribution < -0.4 is 5.32 Å². The molecule has 1 aliphatic heterocycles. The van der Waals surface area contributed by atoms with Crippen LogP contribution in [0.5, 0.6) is 0 Å². The number of hydrogen-bond donors (Lipinski definition) is 1. The maximum Gasteiger partial charge on any atom is 0.268 e. The van der Waals surface area contributed by atoms with Crippen molar-refractivity contribution in [1.29, 1.82) is 0 Å². The Morgan fingerprint density at radius 1 is 1.23 bits per heavy atom. The standard InChI is InChI=1S/C21H24FN5O2S/c1-15-4-5-16(11-17(15)22)12-23-20(28)14-27-8-6-26(7-9-27)13-19-24-21(29-25-19)18-3-2-10-30-18/h2-5,10-11H,6-9,12-14H2,1H3,(H,23,28). The van der Waals surface area contributed by atoms with E-state index >= 15 is 0 Å². The van der Waals surface area contributed by atoms with Crippen molar-refractivity contribution in [3.63, 3.8) is 0 Å². The monoisotopic (exact) mass is 429 g/mol. The molecule has 3 aromatic rings. The topological polar surface area (TPSA) is 74.5 Å². The van der Waals surface area contributed by atoms with Gasteiger partial charge in [-0.15, -0.1) is 11.3 Å². The minimum Gasteiger partial charge on any atom is -0.351 e. The van der Waals surface area contributed by atoms with Crippen molar-refractivity contribution in [3.8, 4) is 10.8 Å². The zero-order chi connectivity index (χ0) is 20.9. The number of carbonyl (C=O) groups excluding carboxylic acids is 1. The molecule has 1 amide bonds. The smallest absolute Gasteiger partial charge is 0.268 e. The Morgan fingerprint density at radius 2 is 2.03 bits per heavy atom. The lowest BCUT2D eigenvalue weighted by molar-refractivity contribution is -0.122. The van der Waals surface area contributed by atoms with Gasteiger partial charge in [-0.2, -0.15) is 4.98 Å². The maximum atomic E-state index is 13.6. The van der Waals surface area contributed by atoms with E-state index in [1.165, 1.54) is 6.07 Å². The molecule has 1 fully saturated rings. The molecule has 0 saturated carbocycles. The van der Waals surface area contributed by atoms with E-state index < -0.39 is 0 Å². The summed E-state index contributed by atoms with van der Waals surface area (Å²) in [5.74, 6) is 0.934. The number of rotatable bonds is 7. The number of hydrogen-bond acceptors (Lipinski definition) is 7. The number of aromatic nitrogens is 2. The fourth-order valence-electron chi connectivity index (χ4n) is 3.33. The van der Waals surface area contributed by atoms with Gasteiger partial charge in [-0.3, -0.25) is 14.6 Å². The van der Waals surface area contributed by atoms with Crippen LogP contribution in [0.3, 0.4) is 0 Å². The van der Waals surface area contributed by atoms with E-state index in [1.807, 2.05) is 23.6 Å². The van der Waals surface area contributed by atoms with Gasteiger partial charge in [-0.25, -0.2) is 4.39 Å². The highest BCUT2D eigenvalue weighted by atomic mass is 32.1. The van der Waals surface area contributed by atoms with Crippen molar-refractivity contribution in [2.45, 2.75) is 20.0 Å². The zero-order valence-corrected chi connectivity index (χ0v) is 17.6. The first-order chi connectivity index (χ1) is 14.6. The molecule has 1 N–H and O–H groups in total. The molecule has 0 atom stereocenters. The number of piperazine rings is 1. The molecule has 9 heteroatoms. The number of halogens is 1. The number of nitrogens with zero attached hydrogens (tertiary/aromatic N) is 4. The van der Waals surface area contributed by atoms with Crippen molar-refractivity contribution in [1.82, 2.24) is 25.3 Å². The molecule has 1 aromatic carbocycles. The predicted octanol–water partition coefficient (Wildman–Crippen LogP) is 2.68. The van der Waals surface area contributed by atoms with Crippen molar-refractivity contribution >= 4 is 17.2 Å². The van der Waals surface area contributed by atoms with Gasteiger partial charge in [0.25, 0.3) is 5.89 Å². The third-order valence-corrected chi connectivity index (χ3v) is 5.98. The number of amides is 1. The van der Waals surface area contributed by atoms with Crippen LogP contribution in [0.25, 0.3) is 10.8 Å². The number of aryl methyl sites for hydroxylation is 1. The van der Waals surface area contributed by atoms with Gasteiger partial charge >= 0.3 is 0 Å². The summed E-state index contributed by atoms with van der Waals surface area (Å²) in [7, 11) is 0. The Labute approximate surface area is 178 Å². The quantitative estimate of drug-likeness (QED) is 0.623. The zero-order valence-electron chi connectivity index (χ0n) is 16.8. The SMILES string of the molecule is Cc1ccc(CNC(=O)CN2CCN(Cc3noc(-c4cccs4)n3)CC2)cc1F. The number of nitrogens with one attached hydrogen (secondary N) is 1. The van der Waals surface area contributed by atoms with Crippen molar-refractivity contribution in [3.05, 3.63) is 58.5 Å². The van der Waals surface area contributed by atoms with E-state index in [1.54, 1.807) is 24.3 Å². The largest absolute Gasteiger partial charge is 0.351 e. The molecule has 4 rings (SSSR count). The van der Waals surface area contributed by atoms with Gasteiger partial charge in [0.15, 0.2) is 5.82 Å². The summed E-state index contributed by atoms with van der Waals surface area (Å²) in [6.45, 7) is 6.28. The first-order valence-electron chi connectivity index (χ1n) is 9.90. The highest BCUT2D eigenvalue weighted by Gasteiger charge is 2.21. The summed E-state index contributed by atoms with van der Waals surface area (Å²) in [5, 5.41) is 8.92. The van der Waals surface area contributed by atoms with Crippen molar-refractivity contribution < 1.29 is 13.7 Å². The average molecular weight is 430 g/mol. The van der Waals surface area contributed by atoms with Crippen LogP contribution in [0.15, 0.2) is 40.2 Å². The second-order valence-electron chi connectivity index (χ2n) is 7.41. The van der Waals surface area contributed by atoms with Gasteiger partial charge in [0, 0.05) is 32.7 Å². The molecule has 0 spiro atoms. The Bertz CT molecular complexity index is 983. The van der Waals surface area contributed by atoms with Crippen LogP contribution in [-0.2, 0) is 17.9 Å². The minimum atomic E-state index is -0.248. The molecule has 2 aromatic heterocycles. The van der Waals surface area contributed by atoms with Crippen LogP contribution in [0.4, 0.5) is 4.39 Å². The average Bonchev–Trinajstić information content (AvgIpc) is 3.42. The van der Waals surface area contributed by atoms with Gasteiger partial charge in [0.05, 0.1) is 18.0 Å². The first kappa shape index (κ1) is 20.6. The summed E-state index contributed by atoms with van der Waals surface area (Å²) in [6, 6.07) is 8.94. The second-order valence-corrected chi connectivity index (χ2v) is 8.35. The van der Waals surface area contributed by atoms with Gasteiger partial charge in [0.2, 0.25) is 5.91 Å². The molecule has 1 saturated heterocycles. The summed E-state index contributed by atoms with van der Waals surface area (Å²) in [5.41, 5.74) is 1.37. The van der Waals surface area contributed by atoms with Crippen LogP contribution in [0.1, 0.15) is 17.0 Å². The fourth-order valence-corrected chi connectivity index (χ4v) is 3.97. The molecule has 158 valence electrons. The molecule has 0 bridgehead atoms. The van der Waals surface area contributed by atoms with E-state index in [-0.39, 0.29) is 11.7 Å². The van der Waals surface area contributed by atoms with Gasteiger partial charge in [-0.1, -0.05) is 23.4 Å². The third-order valence-electron chi connectivity index (χ3n) is 5.12. The fraction of sp³-hybridized carbons (Fsp3) is 0.381. The predicted molar refractivity (Wildman–Crippen MR) is 112 cm³/mol. The van der Waals surface area contributed by atoms with Crippen molar-refractivity contribution in [2.75, 3.05) is 32.7 Å². The summed E-state index contributed by atoms with van der Waals surface area (Å²) >= 11 is 1.57. The van der Waals surface area contributed by atoms with E-state index in [9.17, 15) is 9.18 Å². The molecule has 3 heterocycles. The molecule has 0 unspecified atom stereocenters. The Balaban J connectivity index is 1.19. The van der Waals surface area contributed by atoms with E-state index in [2.05, 4.69) is 25.3 Å². The second kappa shape index (κ2) is 9.46. The lowest BCUT2D eigenvalue weighted by Crippen LogP contribution is -2.49. The minimum absolute atomic E-state index is 0.0526. The van der Waals surface area contributed by atoms with Gasteiger partial charge in [-0.05, 0) is 35.6 Å². The molecule has 0 aliphatic carbocycles. The summed E-state index contributed by atoms with van der Waals surface area (Å²) in [6.07, 6.45) is 0. The highest BCUT2D eigenvalue weighted by Crippen LogP contribution is 2.22. The van der Waals surface area contributed by atoms with Gasteiger partial charge in [0.1, 0.15) is 5.82 Å².